The van der Waals surface area contributed by atoms with Gasteiger partial charge in [-0.2, -0.15) is 13.2 Å². The van der Waals surface area contributed by atoms with Gasteiger partial charge in [-0.15, -0.1) is 0 Å². The lowest BCUT2D eigenvalue weighted by Gasteiger charge is -2.27. The van der Waals surface area contributed by atoms with Gasteiger partial charge in [0.1, 0.15) is 17.7 Å². The molecule has 0 saturated heterocycles. The molecule has 2 aromatic carbocycles. The number of unbranched alkanes of at least 4 members (excludes halogenated alkanes) is 1. The summed E-state index contributed by atoms with van der Waals surface area (Å²) in [4.78, 5) is 25.3. The van der Waals surface area contributed by atoms with E-state index in [1.807, 2.05) is 36.5 Å². The molecule has 0 unspecified atom stereocenters. The maximum Gasteiger partial charge on any atom is 0.422 e. The lowest BCUT2D eigenvalue weighted by Crippen LogP contribution is -2.56. The zero-order valence-electron chi connectivity index (χ0n) is 24.4. The van der Waals surface area contributed by atoms with Crippen LogP contribution >= 0.6 is 0 Å². The average Bonchev–Trinajstić information content (AvgIpc) is 2.93. The second-order valence-electron chi connectivity index (χ2n) is 10.3. The van der Waals surface area contributed by atoms with E-state index in [0.717, 1.165) is 29.7 Å². The van der Waals surface area contributed by atoms with E-state index in [9.17, 15) is 45.1 Å². The van der Waals surface area contributed by atoms with Crippen LogP contribution in [0.15, 0.2) is 42.5 Å². The number of rotatable bonds is 17. The van der Waals surface area contributed by atoms with Crippen LogP contribution in [0.5, 0.6) is 0 Å². The van der Waals surface area contributed by atoms with Gasteiger partial charge in [0, 0.05) is 19.2 Å². The fourth-order valence-corrected chi connectivity index (χ4v) is 5.87. The van der Waals surface area contributed by atoms with Crippen molar-refractivity contribution in [3.63, 3.8) is 0 Å². The normalized spacial score (nSPS) is 14.0. The van der Waals surface area contributed by atoms with Gasteiger partial charge in [0.15, 0.2) is 16.4 Å². The summed E-state index contributed by atoms with van der Waals surface area (Å²) in [6, 6.07) is 7.07. The predicted octanol–water partition coefficient (Wildman–Crippen LogP) is 3.58. The van der Waals surface area contributed by atoms with Gasteiger partial charge in [-0.3, -0.25) is 4.79 Å². The Hall–Kier alpha value is -3.30. The highest BCUT2D eigenvalue weighted by atomic mass is 32.2. The number of aliphatic hydroxyl groups is 1. The van der Waals surface area contributed by atoms with Crippen LogP contribution in [-0.4, -0.2) is 74.5 Å². The van der Waals surface area contributed by atoms with E-state index in [-0.39, 0.29) is 30.7 Å². The van der Waals surface area contributed by atoms with Crippen LogP contribution in [0.2, 0.25) is 0 Å². The molecule has 0 aliphatic carbocycles. The van der Waals surface area contributed by atoms with Crippen LogP contribution in [-0.2, 0) is 38.8 Å². The summed E-state index contributed by atoms with van der Waals surface area (Å²) in [5, 5.41) is 18.3. The number of benzene rings is 2. The number of aryl methyl sites for hydroxylation is 1. The summed E-state index contributed by atoms with van der Waals surface area (Å²) in [7, 11) is -3.98. The maximum atomic E-state index is 13.9. The first-order valence-electron chi connectivity index (χ1n) is 14.0. The molecule has 2 rings (SSSR count). The highest BCUT2D eigenvalue weighted by Crippen LogP contribution is 2.15. The highest BCUT2D eigenvalue weighted by molar-refractivity contribution is 7.91. The number of ether oxygens (including phenoxy) is 1. The molecule has 246 valence electrons. The number of halogens is 5. The Morgan fingerprint density at radius 2 is 1.64 bits per heavy atom. The van der Waals surface area contributed by atoms with E-state index in [0.29, 0.717) is 19.0 Å². The molecule has 0 aliphatic heterocycles. The van der Waals surface area contributed by atoms with Crippen LogP contribution in [0.3, 0.4) is 0 Å². The Bertz CT molecular complexity index is 1320. The number of carbonyl (C=O) groups excluding carboxylic acids is 2. The van der Waals surface area contributed by atoms with E-state index in [4.69, 9.17) is 0 Å². The second kappa shape index (κ2) is 17.3. The first-order valence-corrected chi connectivity index (χ1v) is 15.8. The minimum absolute atomic E-state index is 0.0483. The Morgan fingerprint density at radius 3 is 2.25 bits per heavy atom. The zero-order chi connectivity index (χ0) is 32.9. The molecule has 4 N–H and O–H groups in total. The molecule has 15 heteroatoms. The van der Waals surface area contributed by atoms with Crippen molar-refractivity contribution < 1.29 is 49.8 Å². The average molecular weight is 652 g/mol. The molecule has 0 spiro atoms. The van der Waals surface area contributed by atoms with Gasteiger partial charge in [-0.1, -0.05) is 44.5 Å². The minimum Gasteiger partial charge on any atom is -0.440 e. The summed E-state index contributed by atoms with van der Waals surface area (Å²) in [6.45, 7) is 1.94. The molecular formula is C29H38F5N3O6S. The summed E-state index contributed by atoms with van der Waals surface area (Å²) < 4.78 is 94.7. The number of alkyl carbamates (subject to hydrolysis) is 1. The standard InChI is InChI=1S/C29H38F5N3O6S/c1-3-5-9-44(41,42)17-25(37-28(40)43-18-29(32,33)34)27(39)36-24(13-21-11-22(30)14-23(31)12-21)26(38)16-35-15-20-8-6-7-19(4-2)10-20/h6-8,10-12,14,24-26,35,38H,3-5,9,13,15-18H2,1-2H3,(H,36,39)(H,37,40)/t24-,25+,26+/m0/s1. The molecule has 9 nitrogen and oxygen atoms in total. The van der Waals surface area contributed by atoms with Crippen molar-refractivity contribution >= 4 is 21.8 Å². The Labute approximate surface area is 253 Å². The SMILES string of the molecule is CCCCS(=O)(=O)C[C@@H](NC(=O)OCC(F)(F)F)C(=O)N[C@@H](Cc1cc(F)cc(F)c1)[C@H](O)CNCc1cccc(CC)c1. The van der Waals surface area contributed by atoms with Crippen LogP contribution in [0.25, 0.3) is 0 Å². The molecular weight excluding hydrogens is 613 g/mol. The summed E-state index contributed by atoms with van der Waals surface area (Å²) in [5.74, 6) is -4.32. The Kier molecular flexibility index (Phi) is 14.5. The van der Waals surface area contributed by atoms with E-state index >= 15 is 0 Å². The lowest BCUT2D eigenvalue weighted by atomic mass is 10.00. The fourth-order valence-electron chi connectivity index (χ4n) is 4.23. The zero-order valence-corrected chi connectivity index (χ0v) is 25.2. The van der Waals surface area contributed by atoms with Crippen molar-refractivity contribution in [1.29, 1.82) is 0 Å². The largest absolute Gasteiger partial charge is 0.440 e. The van der Waals surface area contributed by atoms with Crippen LogP contribution in [0.4, 0.5) is 26.7 Å². The molecule has 0 heterocycles. The lowest BCUT2D eigenvalue weighted by molar-refractivity contribution is -0.160. The van der Waals surface area contributed by atoms with Crippen molar-refractivity contribution in [3.05, 3.63) is 70.8 Å². The third kappa shape index (κ3) is 14.0. The van der Waals surface area contributed by atoms with E-state index < -0.39 is 70.2 Å². The highest BCUT2D eigenvalue weighted by Gasteiger charge is 2.33. The molecule has 3 atom stereocenters. The van der Waals surface area contributed by atoms with Gasteiger partial charge >= 0.3 is 12.3 Å². The van der Waals surface area contributed by atoms with Crippen LogP contribution < -0.4 is 16.0 Å². The van der Waals surface area contributed by atoms with Gasteiger partial charge in [-0.05, 0) is 48.1 Å². The maximum absolute atomic E-state index is 13.9. The van der Waals surface area contributed by atoms with Crippen LogP contribution in [0.1, 0.15) is 43.4 Å². The van der Waals surface area contributed by atoms with Gasteiger partial charge in [0.05, 0.1) is 23.7 Å². The van der Waals surface area contributed by atoms with Crippen molar-refractivity contribution in [1.82, 2.24) is 16.0 Å². The summed E-state index contributed by atoms with van der Waals surface area (Å²) in [5.41, 5.74) is 2.04. The van der Waals surface area contributed by atoms with Crippen molar-refractivity contribution in [2.75, 3.05) is 24.7 Å². The number of sulfone groups is 1. The molecule has 0 aromatic heterocycles. The van der Waals surface area contributed by atoms with Crippen molar-refractivity contribution in [3.8, 4) is 0 Å². The number of hydrogen-bond donors (Lipinski definition) is 4. The summed E-state index contributed by atoms with van der Waals surface area (Å²) >= 11 is 0. The monoisotopic (exact) mass is 651 g/mol. The molecule has 0 saturated carbocycles. The molecule has 2 aromatic rings. The number of amides is 2. The molecule has 0 radical (unpaired) electrons. The van der Waals surface area contributed by atoms with E-state index in [2.05, 4.69) is 15.4 Å². The molecule has 44 heavy (non-hydrogen) atoms. The minimum atomic E-state index is -4.87. The predicted molar refractivity (Wildman–Crippen MR) is 153 cm³/mol. The van der Waals surface area contributed by atoms with Gasteiger partial charge in [0.25, 0.3) is 0 Å². The molecule has 0 bridgehead atoms. The van der Waals surface area contributed by atoms with Gasteiger partial charge in [0.2, 0.25) is 5.91 Å². The Morgan fingerprint density at radius 1 is 0.977 bits per heavy atom. The van der Waals surface area contributed by atoms with Crippen molar-refractivity contribution in [2.24, 2.45) is 0 Å². The first kappa shape index (κ1) is 36.9. The number of hydrogen-bond acceptors (Lipinski definition) is 7. The van der Waals surface area contributed by atoms with Crippen molar-refractivity contribution in [2.45, 2.75) is 70.4 Å². The van der Waals surface area contributed by atoms with E-state index in [1.54, 1.807) is 6.92 Å². The van der Waals surface area contributed by atoms with Gasteiger partial charge in [-0.25, -0.2) is 22.0 Å². The third-order valence-electron chi connectivity index (χ3n) is 6.46. The Balaban J connectivity index is 2.26. The first-order chi connectivity index (χ1) is 20.6. The quantitative estimate of drug-likeness (QED) is 0.192. The molecule has 0 aliphatic rings. The van der Waals surface area contributed by atoms with Crippen LogP contribution in [0, 0.1) is 11.6 Å². The number of nitrogens with one attached hydrogen (secondary N) is 3. The number of carbonyl (C=O) groups is 2. The topological polar surface area (TPSA) is 134 Å². The summed E-state index contributed by atoms with van der Waals surface area (Å²) in [6.07, 6.45) is -6.74. The molecule has 0 fully saturated rings. The molecule has 2 amide bonds. The smallest absolute Gasteiger partial charge is 0.422 e. The second-order valence-corrected chi connectivity index (χ2v) is 12.6. The van der Waals surface area contributed by atoms with Gasteiger partial charge < -0.3 is 25.8 Å². The fraction of sp³-hybridized carbons (Fsp3) is 0.517. The number of aliphatic hydroxyl groups excluding tert-OH is 1. The number of alkyl halides is 3. The third-order valence-corrected chi connectivity index (χ3v) is 8.21. The van der Waals surface area contributed by atoms with E-state index in [1.165, 1.54) is 0 Å².